The van der Waals surface area contributed by atoms with E-state index in [0.29, 0.717) is 19.5 Å². The summed E-state index contributed by atoms with van der Waals surface area (Å²) in [4.78, 5) is 28.1. The molecule has 1 aliphatic rings. The Labute approximate surface area is 97.5 Å². The van der Waals surface area contributed by atoms with Gasteiger partial charge in [-0.05, 0) is 12.5 Å². The molecule has 2 N–H and O–H groups in total. The predicted molar refractivity (Wildman–Crippen MR) is 57.4 cm³/mol. The molecule has 7 heteroatoms. The molecule has 0 aromatic carbocycles. The number of nitrogens with two attached hydrogens (primary N) is 1. The van der Waals surface area contributed by atoms with Crippen molar-refractivity contribution in [2.75, 3.05) is 25.1 Å². The first-order chi connectivity index (χ1) is 8.15. The molecular weight excluding hydrogens is 226 g/mol. The quantitative estimate of drug-likeness (QED) is 0.732. The fourth-order valence-corrected chi connectivity index (χ4v) is 1.71. The van der Waals surface area contributed by atoms with Crippen LogP contribution in [-0.4, -0.2) is 37.1 Å². The van der Waals surface area contributed by atoms with Crippen LogP contribution in [0, 0.1) is 5.92 Å². The van der Waals surface area contributed by atoms with Gasteiger partial charge in [-0.25, -0.2) is 9.78 Å². The zero-order valence-corrected chi connectivity index (χ0v) is 9.38. The third-order valence-corrected chi connectivity index (χ3v) is 2.65. The van der Waals surface area contributed by atoms with Gasteiger partial charge in [0.25, 0.3) is 0 Å². The van der Waals surface area contributed by atoms with E-state index >= 15 is 0 Å². The second kappa shape index (κ2) is 4.54. The molecule has 1 aromatic heterocycles. The number of anilines is 1. The highest BCUT2D eigenvalue weighted by atomic mass is 16.5. The van der Waals surface area contributed by atoms with E-state index in [2.05, 4.69) is 9.72 Å². The van der Waals surface area contributed by atoms with E-state index in [0.717, 1.165) is 0 Å². The number of esters is 1. The second-order valence-corrected chi connectivity index (χ2v) is 3.81. The molecule has 7 nitrogen and oxygen atoms in total. The number of carbonyl (C=O) groups excluding carboxylic acids is 2. The fourth-order valence-electron chi connectivity index (χ4n) is 1.71. The number of amides is 1. The van der Waals surface area contributed by atoms with Crippen LogP contribution in [0.3, 0.4) is 0 Å². The molecule has 2 heterocycles. The third-order valence-electron chi connectivity index (χ3n) is 2.65. The SMILES string of the molecule is COC(=O)c1cnc(N2CC(CN)CC2=O)o1. The van der Waals surface area contributed by atoms with Crippen molar-refractivity contribution in [3.05, 3.63) is 12.0 Å². The molecule has 0 aliphatic carbocycles. The summed E-state index contributed by atoms with van der Waals surface area (Å²) in [5.41, 5.74) is 5.51. The predicted octanol–water partition coefficient (Wildman–Crippen LogP) is -0.227. The molecule has 1 saturated heterocycles. The highest BCUT2D eigenvalue weighted by molar-refractivity contribution is 5.94. The number of hydrogen-bond donors (Lipinski definition) is 1. The van der Waals surface area contributed by atoms with E-state index in [-0.39, 0.29) is 23.6 Å². The molecule has 1 atom stereocenters. The van der Waals surface area contributed by atoms with Crippen LogP contribution < -0.4 is 10.6 Å². The largest absolute Gasteiger partial charge is 0.463 e. The van der Waals surface area contributed by atoms with Crippen molar-refractivity contribution in [2.24, 2.45) is 11.7 Å². The zero-order chi connectivity index (χ0) is 12.4. The van der Waals surface area contributed by atoms with Gasteiger partial charge >= 0.3 is 12.0 Å². The zero-order valence-electron chi connectivity index (χ0n) is 9.38. The lowest BCUT2D eigenvalue weighted by Gasteiger charge is -2.10. The van der Waals surface area contributed by atoms with E-state index < -0.39 is 5.97 Å². The molecule has 0 spiro atoms. The van der Waals surface area contributed by atoms with Gasteiger partial charge in [-0.3, -0.25) is 9.69 Å². The normalized spacial score (nSPS) is 19.8. The first-order valence-electron chi connectivity index (χ1n) is 5.20. The Morgan fingerprint density at radius 1 is 1.76 bits per heavy atom. The average Bonchev–Trinajstić information content (AvgIpc) is 2.94. The number of carbonyl (C=O) groups is 2. The summed E-state index contributed by atoms with van der Waals surface area (Å²) in [6.07, 6.45) is 1.62. The van der Waals surface area contributed by atoms with E-state index in [9.17, 15) is 9.59 Å². The molecule has 1 unspecified atom stereocenters. The molecule has 0 bridgehead atoms. The van der Waals surface area contributed by atoms with Gasteiger partial charge in [0.15, 0.2) is 0 Å². The molecular formula is C10H13N3O4. The summed E-state index contributed by atoms with van der Waals surface area (Å²) >= 11 is 0. The molecule has 2 rings (SSSR count). The molecule has 1 amide bonds. The first-order valence-corrected chi connectivity index (χ1v) is 5.20. The van der Waals surface area contributed by atoms with Crippen LogP contribution in [0.1, 0.15) is 17.0 Å². The first kappa shape index (κ1) is 11.6. The van der Waals surface area contributed by atoms with Crippen molar-refractivity contribution in [2.45, 2.75) is 6.42 Å². The lowest BCUT2D eigenvalue weighted by atomic mass is 10.1. The Morgan fingerprint density at radius 2 is 2.53 bits per heavy atom. The van der Waals surface area contributed by atoms with Crippen molar-refractivity contribution < 1.29 is 18.7 Å². The summed E-state index contributed by atoms with van der Waals surface area (Å²) in [5.74, 6) is -0.632. The number of methoxy groups -OCH3 is 1. The van der Waals surface area contributed by atoms with Gasteiger partial charge in [-0.2, -0.15) is 0 Å². The molecule has 1 fully saturated rings. The fraction of sp³-hybridized carbons (Fsp3) is 0.500. The molecule has 17 heavy (non-hydrogen) atoms. The smallest absolute Gasteiger partial charge is 0.375 e. The minimum Gasteiger partial charge on any atom is -0.463 e. The summed E-state index contributed by atoms with van der Waals surface area (Å²) < 4.78 is 9.65. The lowest BCUT2D eigenvalue weighted by Crippen LogP contribution is -2.25. The van der Waals surface area contributed by atoms with Gasteiger partial charge in [-0.15, -0.1) is 0 Å². The molecule has 0 radical (unpaired) electrons. The van der Waals surface area contributed by atoms with Crippen molar-refractivity contribution in [3.63, 3.8) is 0 Å². The van der Waals surface area contributed by atoms with E-state index in [1.165, 1.54) is 18.2 Å². The maximum atomic E-state index is 11.6. The van der Waals surface area contributed by atoms with Crippen LogP contribution in [0.4, 0.5) is 6.01 Å². The molecule has 0 saturated carbocycles. The van der Waals surface area contributed by atoms with Crippen LogP contribution >= 0.6 is 0 Å². The average molecular weight is 239 g/mol. The molecule has 1 aromatic rings. The van der Waals surface area contributed by atoms with E-state index in [1.807, 2.05) is 0 Å². The topological polar surface area (TPSA) is 98.7 Å². The Morgan fingerprint density at radius 3 is 3.12 bits per heavy atom. The van der Waals surface area contributed by atoms with Gasteiger partial charge in [0.05, 0.1) is 13.3 Å². The summed E-state index contributed by atoms with van der Waals surface area (Å²) in [6.45, 7) is 0.906. The van der Waals surface area contributed by atoms with Crippen LogP contribution in [0.15, 0.2) is 10.6 Å². The third kappa shape index (κ3) is 2.14. The highest BCUT2D eigenvalue weighted by Gasteiger charge is 2.32. The molecule has 1 aliphatic heterocycles. The minimum absolute atomic E-state index is 0.0218. The number of oxazole rings is 1. The van der Waals surface area contributed by atoms with E-state index in [4.69, 9.17) is 10.2 Å². The van der Waals surface area contributed by atoms with Gasteiger partial charge in [-0.1, -0.05) is 0 Å². The number of rotatable bonds is 3. The monoisotopic (exact) mass is 239 g/mol. The Balaban J connectivity index is 2.15. The standard InChI is InChI=1S/C10H13N3O4/c1-16-9(15)7-4-12-10(17-7)13-5-6(3-11)2-8(13)14/h4,6H,2-3,5,11H2,1H3. The number of hydrogen-bond acceptors (Lipinski definition) is 6. The number of ether oxygens (including phenoxy) is 1. The maximum Gasteiger partial charge on any atom is 0.375 e. The van der Waals surface area contributed by atoms with Crippen LogP contribution in [0.25, 0.3) is 0 Å². The Hall–Kier alpha value is -1.89. The summed E-state index contributed by atoms with van der Waals surface area (Å²) in [7, 11) is 1.25. The minimum atomic E-state index is -0.620. The van der Waals surface area contributed by atoms with Crippen LogP contribution in [-0.2, 0) is 9.53 Å². The van der Waals surface area contributed by atoms with Crippen molar-refractivity contribution in [1.29, 1.82) is 0 Å². The van der Waals surface area contributed by atoms with Crippen molar-refractivity contribution >= 4 is 17.9 Å². The van der Waals surface area contributed by atoms with Crippen LogP contribution in [0.5, 0.6) is 0 Å². The van der Waals surface area contributed by atoms with Gasteiger partial charge in [0.1, 0.15) is 0 Å². The van der Waals surface area contributed by atoms with Gasteiger partial charge < -0.3 is 14.9 Å². The Bertz CT molecular complexity index is 443. The Kier molecular flexibility index (Phi) is 3.10. The number of aromatic nitrogens is 1. The van der Waals surface area contributed by atoms with Crippen LogP contribution in [0.2, 0.25) is 0 Å². The molecule has 92 valence electrons. The summed E-state index contributed by atoms with van der Waals surface area (Å²) in [5, 5.41) is 0. The second-order valence-electron chi connectivity index (χ2n) is 3.81. The number of nitrogens with zero attached hydrogens (tertiary/aromatic N) is 2. The van der Waals surface area contributed by atoms with Gasteiger partial charge in [0, 0.05) is 13.0 Å². The van der Waals surface area contributed by atoms with Gasteiger partial charge in [0.2, 0.25) is 11.7 Å². The van der Waals surface area contributed by atoms with Crippen molar-refractivity contribution in [3.8, 4) is 0 Å². The van der Waals surface area contributed by atoms with Crippen molar-refractivity contribution in [1.82, 2.24) is 4.98 Å². The van der Waals surface area contributed by atoms with E-state index in [1.54, 1.807) is 0 Å². The highest BCUT2D eigenvalue weighted by Crippen LogP contribution is 2.24. The maximum absolute atomic E-state index is 11.6. The summed E-state index contributed by atoms with van der Waals surface area (Å²) in [6, 6.07) is 0.117. The lowest BCUT2D eigenvalue weighted by molar-refractivity contribution is -0.117.